The van der Waals surface area contributed by atoms with Crippen molar-refractivity contribution in [2.24, 2.45) is 0 Å². The van der Waals surface area contributed by atoms with Crippen molar-refractivity contribution >= 4 is 11.6 Å². The average Bonchev–Trinajstić information content (AvgIpc) is 2.73. The van der Waals surface area contributed by atoms with E-state index in [4.69, 9.17) is 0 Å². The van der Waals surface area contributed by atoms with Crippen molar-refractivity contribution in [3.8, 4) is 0 Å². The third-order valence-electron chi connectivity index (χ3n) is 4.79. The van der Waals surface area contributed by atoms with Crippen LogP contribution in [0, 0.1) is 13.8 Å². The van der Waals surface area contributed by atoms with Crippen molar-refractivity contribution in [2.75, 3.05) is 33.2 Å². The SMILES string of the molecule is CC(=O)c1c(C)[nH]c(C(=O)[C@H](C)[NH+]2CC[NH+](C)CC2)c1C. The van der Waals surface area contributed by atoms with E-state index in [1.165, 1.54) is 9.80 Å². The van der Waals surface area contributed by atoms with Gasteiger partial charge in [0.1, 0.15) is 26.2 Å². The fraction of sp³-hybridized carbons (Fsp3) is 0.625. The van der Waals surface area contributed by atoms with Crippen molar-refractivity contribution in [1.29, 1.82) is 0 Å². The molecule has 2 heterocycles. The minimum Gasteiger partial charge on any atom is -0.355 e. The van der Waals surface area contributed by atoms with E-state index >= 15 is 0 Å². The summed E-state index contributed by atoms with van der Waals surface area (Å²) in [7, 11) is 2.20. The summed E-state index contributed by atoms with van der Waals surface area (Å²) < 4.78 is 0. The van der Waals surface area contributed by atoms with Crippen LogP contribution in [-0.2, 0) is 0 Å². The highest BCUT2D eigenvalue weighted by molar-refractivity contribution is 6.04. The molecule has 0 saturated carbocycles. The number of Topliss-reactive ketones (excluding diaryl/α,β-unsaturated/α-hetero) is 2. The van der Waals surface area contributed by atoms with Gasteiger partial charge in [-0.15, -0.1) is 0 Å². The van der Waals surface area contributed by atoms with Gasteiger partial charge in [0.2, 0.25) is 5.78 Å². The van der Waals surface area contributed by atoms with E-state index in [9.17, 15) is 9.59 Å². The van der Waals surface area contributed by atoms with Gasteiger partial charge in [-0.25, -0.2) is 0 Å². The first-order chi connectivity index (χ1) is 9.82. The third-order valence-corrected chi connectivity index (χ3v) is 4.79. The number of hydrogen-bond acceptors (Lipinski definition) is 2. The number of hydrogen-bond donors (Lipinski definition) is 3. The lowest BCUT2D eigenvalue weighted by atomic mass is 10.0. The molecule has 1 atom stereocenters. The standard InChI is InChI=1S/C16H25N3O2/c1-10-14(13(4)20)11(2)17-15(10)16(21)12(3)19-8-6-18(5)7-9-19/h12,17H,6-9H2,1-5H3/p+2/t12-/m0/s1. The molecule has 0 bridgehead atoms. The number of piperazine rings is 1. The number of H-pyrrole nitrogens is 1. The third kappa shape index (κ3) is 3.09. The number of ketones is 2. The molecule has 0 unspecified atom stereocenters. The minimum atomic E-state index is -0.0605. The summed E-state index contributed by atoms with van der Waals surface area (Å²) in [5, 5.41) is 0. The molecule has 116 valence electrons. The Kier molecular flexibility index (Phi) is 4.64. The van der Waals surface area contributed by atoms with E-state index in [1.54, 1.807) is 6.92 Å². The maximum Gasteiger partial charge on any atom is 0.235 e. The van der Waals surface area contributed by atoms with E-state index in [-0.39, 0.29) is 17.6 Å². The number of carbonyl (C=O) groups is 2. The van der Waals surface area contributed by atoms with Crippen LogP contribution >= 0.6 is 0 Å². The molecule has 21 heavy (non-hydrogen) atoms. The fourth-order valence-electron chi connectivity index (χ4n) is 3.36. The maximum atomic E-state index is 12.8. The highest BCUT2D eigenvalue weighted by Gasteiger charge is 2.32. The molecule has 0 amide bonds. The van der Waals surface area contributed by atoms with E-state index in [2.05, 4.69) is 12.0 Å². The summed E-state index contributed by atoms with van der Waals surface area (Å²) in [6, 6.07) is -0.0605. The number of nitrogens with one attached hydrogen (secondary N) is 3. The highest BCUT2D eigenvalue weighted by atomic mass is 16.1. The van der Waals surface area contributed by atoms with Gasteiger partial charge in [0.25, 0.3) is 0 Å². The van der Waals surface area contributed by atoms with Crippen molar-refractivity contribution in [1.82, 2.24) is 4.98 Å². The predicted octanol–water partition coefficient (Wildman–Crippen LogP) is -1.18. The number of aromatic nitrogens is 1. The van der Waals surface area contributed by atoms with Crippen LogP contribution in [0.1, 0.15) is 46.0 Å². The fourth-order valence-corrected chi connectivity index (χ4v) is 3.36. The maximum absolute atomic E-state index is 12.8. The van der Waals surface area contributed by atoms with Crippen molar-refractivity contribution < 1.29 is 19.4 Å². The monoisotopic (exact) mass is 293 g/mol. The van der Waals surface area contributed by atoms with Crippen LogP contribution in [0.4, 0.5) is 0 Å². The smallest absolute Gasteiger partial charge is 0.235 e. The van der Waals surface area contributed by atoms with E-state index < -0.39 is 0 Å². The lowest BCUT2D eigenvalue weighted by Crippen LogP contribution is -3.29. The lowest BCUT2D eigenvalue weighted by molar-refractivity contribution is -1.01. The van der Waals surface area contributed by atoms with Gasteiger partial charge in [-0.3, -0.25) is 9.59 Å². The Balaban J connectivity index is 2.20. The van der Waals surface area contributed by atoms with Crippen molar-refractivity contribution in [3.63, 3.8) is 0 Å². The zero-order chi connectivity index (χ0) is 15.7. The first kappa shape index (κ1) is 15.9. The Bertz CT molecular complexity index is 554. The Morgan fingerprint density at radius 2 is 1.71 bits per heavy atom. The number of aryl methyl sites for hydroxylation is 1. The topological polar surface area (TPSA) is 58.8 Å². The zero-order valence-electron chi connectivity index (χ0n) is 13.7. The molecular weight excluding hydrogens is 266 g/mol. The van der Waals surface area contributed by atoms with Crippen molar-refractivity contribution in [3.05, 3.63) is 22.5 Å². The van der Waals surface area contributed by atoms with E-state index in [1.807, 2.05) is 20.8 Å². The second kappa shape index (κ2) is 6.12. The number of carbonyl (C=O) groups excluding carboxylic acids is 2. The molecule has 2 rings (SSSR count). The first-order valence-corrected chi connectivity index (χ1v) is 7.73. The van der Waals surface area contributed by atoms with Gasteiger partial charge in [-0.1, -0.05) is 0 Å². The molecule has 0 aliphatic carbocycles. The van der Waals surface area contributed by atoms with Crippen LogP contribution in [-0.4, -0.2) is 55.8 Å². The van der Waals surface area contributed by atoms with Crippen LogP contribution in [0.25, 0.3) is 0 Å². The largest absolute Gasteiger partial charge is 0.355 e. The zero-order valence-corrected chi connectivity index (χ0v) is 13.7. The molecule has 0 aromatic carbocycles. The minimum absolute atomic E-state index is 0.0171. The van der Waals surface area contributed by atoms with Gasteiger partial charge in [-0.05, 0) is 33.3 Å². The molecular formula is C16H27N3O2+2. The van der Waals surface area contributed by atoms with Gasteiger partial charge < -0.3 is 14.8 Å². The summed E-state index contributed by atoms with van der Waals surface area (Å²) in [5.74, 6) is 0.140. The Morgan fingerprint density at radius 3 is 2.19 bits per heavy atom. The summed E-state index contributed by atoms with van der Waals surface area (Å²) in [5.41, 5.74) is 2.89. The Hall–Kier alpha value is -1.46. The number of quaternary nitrogens is 2. The number of likely N-dealkylation sites (N-methyl/N-ethyl adjacent to an activating group) is 1. The van der Waals surface area contributed by atoms with Gasteiger partial charge in [-0.2, -0.15) is 0 Å². The van der Waals surface area contributed by atoms with Gasteiger partial charge in [0, 0.05) is 11.3 Å². The van der Waals surface area contributed by atoms with E-state index in [0.717, 1.165) is 37.4 Å². The van der Waals surface area contributed by atoms with Gasteiger partial charge in [0.15, 0.2) is 11.8 Å². The molecule has 1 fully saturated rings. The van der Waals surface area contributed by atoms with Crippen molar-refractivity contribution in [2.45, 2.75) is 33.7 Å². The molecule has 1 aliphatic heterocycles. The summed E-state index contributed by atoms with van der Waals surface area (Å²) >= 11 is 0. The molecule has 0 spiro atoms. The molecule has 5 nitrogen and oxygen atoms in total. The quantitative estimate of drug-likeness (QED) is 0.612. The molecule has 5 heteroatoms. The summed E-state index contributed by atoms with van der Waals surface area (Å²) in [6.07, 6.45) is 0. The normalized spacial score (nSPS) is 23.9. The van der Waals surface area contributed by atoms with E-state index in [0.29, 0.717) is 11.3 Å². The average molecular weight is 293 g/mol. The van der Waals surface area contributed by atoms with Crippen LogP contribution in [0.15, 0.2) is 0 Å². The van der Waals surface area contributed by atoms with Crippen LogP contribution in [0.3, 0.4) is 0 Å². The highest BCUT2D eigenvalue weighted by Crippen LogP contribution is 2.19. The predicted molar refractivity (Wildman–Crippen MR) is 81.4 cm³/mol. The Morgan fingerprint density at radius 1 is 1.14 bits per heavy atom. The summed E-state index contributed by atoms with van der Waals surface area (Å²) in [6.45, 7) is 11.5. The molecule has 3 N–H and O–H groups in total. The second-order valence-corrected chi connectivity index (χ2v) is 6.38. The number of aromatic amines is 1. The summed E-state index contributed by atoms with van der Waals surface area (Å²) in [4.78, 5) is 30.5. The van der Waals surface area contributed by atoms with Gasteiger partial charge in [0.05, 0.1) is 12.7 Å². The second-order valence-electron chi connectivity index (χ2n) is 6.38. The lowest BCUT2D eigenvalue weighted by Gasteiger charge is -2.30. The van der Waals surface area contributed by atoms with Crippen LogP contribution in [0.2, 0.25) is 0 Å². The molecule has 1 aliphatic rings. The molecule has 1 aromatic heterocycles. The molecule has 1 aromatic rings. The molecule has 0 radical (unpaired) electrons. The molecule has 1 saturated heterocycles. The van der Waals surface area contributed by atoms with Gasteiger partial charge >= 0.3 is 0 Å². The van der Waals surface area contributed by atoms with Crippen LogP contribution < -0.4 is 9.80 Å². The first-order valence-electron chi connectivity index (χ1n) is 7.73. The Labute approximate surface area is 126 Å². The van der Waals surface area contributed by atoms with Crippen LogP contribution in [0.5, 0.6) is 0 Å². The number of rotatable bonds is 4.